The Morgan fingerprint density at radius 3 is 2.52 bits per heavy atom. The van der Waals surface area contributed by atoms with E-state index in [1.165, 1.54) is 16.0 Å². The van der Waals surface area contributed by atoms with Crippen LogP contribution in [-0.4, -0.2) is 5.50 Å². The zero-order valence-electron chi connectivity index (χ0n) is 11.7. The van der Waals surface area contributed by atoms with E-state index in [0.29, 0.717) is 15.1 Å². The number of hydrogen-bond acceptors (Lipinski definition) is 3. The van der Waals surface area contributed by atoms with Crippen molar-refractivity contribution >= 4 is 74.9 Å². The van der Waals surface area contributed by atoms with Crippen LogP contribution >= 0.6 is 63.5 Å². The summed E-state index contributed by atoms with van der Waals surface area (Å²) in [6, 6.07) is 11.8. The van der Waals surface area contributed by atoms with Crippen LogP contribution in [0.2, 0.25) is 15.1 Å². The molecule has 23 heavy (non-hydrogen) atoms. The van der Waals surface area contributed by atoms with E-state index >= 15 is 0 Å². The number of halogens is 4. The van der Waals surface area contributed by atoms with Crippen molar-refractivity contribution in [1.29, 1.82) is 0 Å². The fraction of sp³-hybridized carbons (Fsp3) is 0.125. The van der Waals surface area contributed by atoms with Gasteiger partial charge in [0.25, 0.3) is 0 Å². The molecule has 2 N–H and O–H groups in total. The van der Waals surface area contributed by atoms with Gasteiger partial charge < -0.3 is 10.6 Å². The molecule has 0 aromatic heterocycles. The molecule has 0 fully saturated rings. The second-order valence-electron chi connectivity index (χ2n) is 5.20. The van der Waals surface area contributed by atoms with Gasteiger partial charge in [-0.1, -0.05) is 70.8 Å². The van der Waals surface area contributed by atoms with Crippen molar-refractivity contribution in [1.82, 2.24) is 0 Å². The van der Waals surface area contributed by atoms with E-state index in [1.807, 2.05) is 6.07 Å². The number of rotatable bonds is 1. The van der Waals surface area contributed by atoms with Crippen molar-refractivity contribution in [2.45, 2.75) is 11.9 Å². The Balaban J connectivity index is 0.00000156. The average molecular weight is 451 g/mol. The summed E-state index contributed by atoms with van der Waals surface area (Å²) in [5.74, 6) is 0. The van der Waals surface area contributed by atoms with Crippen molar-refractivity contribution in [2.75, 3.05) is 4.90 Å². The number of nitrogens with two attached hydrogens (primary N) is 1. The SMILES string of the molecule is Br.NC1SC2=C(c3ccccc3C2)N1c1cc(Cl)c(Cl)cc1Cl. The fourth-order valence-electron chi connectivity index (χ4n) is 2.95. The highest BCUT2D eigenvalue weighted by molar-refractivity contribution is 8.93. The maximum absolute atomic E-state index is 6.39. The molecule has 0 bridgehead atoms. The first-order valence-corrected chi connectivity index (χ1v) is 8.75. The second kappa shape index (κ2) is 6.51. The number of nitrogens with zero attached hydrogens (tertiary/aromatic N) is 1. The molecule has 0 saturated heterocycles. The van der Waals surface area contributed by atoms with E-state index in [0.717, 1.165) is 17.8 Å². The molecule has 0 amide bonds. The molecule has 4 rings (SSSR count). The van der Waals surface area contributed by atoms with Crippen molar-refractivity contribution in [3.8, 4) is 0 Å². The summed E-state index contributed by atoms with van der Waals surface area (Å²) < 4.78 is 0. The molecule has 0 spiro atoms. The molecule has 120 valence electrons. The van der Waals surface area contributed by atoms with Crippen molar-refractivity contribution in [3.05, 3.63) is 67.5 Å². The highest BCUT2D eigenvalue weighted by Crippen LogP contribution is 2.51. The van der Waals surface area contributed by atoms with E-state index in [2.05, 4.69) is 23.1 Å². The highest BCUT2D eigenvalue weighted by atomic mass is 79.9. The molecule has 7 heteroatoms. The molecule has 1 aliphatic carbocycles. The summed E-state index contributed by atoms with van der Waals surface area (Å²) in [4.78, 5) is 3.33. The maximum Gasteiger partial charge on any atom is 0.134 e. The molecule has 1 heterocycles. The minimum absolute atomic E-state index is 0. The third-order valence-corrected chi connectivity index (χ3v) is 5.99. The van der Waals surface area contributed by atoms with Crippen molar-refractivity contribution < 1.29 is 0 Å². The fourth-order valence-corrected chi connectivity index (χ4v) is 4.76. The van der Waals surface area contributed by atoms with Gasteiger partial charge in [-0.15, -0.1) is 17.0 Å². The first-order valence-electron chi connectivity index (χ1n) is 6.73. The van der Waals surface area contributed by atoms with E-state index in [9.17, 15) is 0 Å². The third kappa shape index (κ3) is 2.80. The molecule has 2 aromatic rings. The smallest absolute Gasteiger partial charge is 0.134 e. The van der Waals surface area contributed by atoms with Crippen LogP contribution in [0, 0.1) is 0 Å². The molecule has 1 unspecified atom stereocenters. The topological polar surface area (TPSA) is 29.3 Å². The second-order valence-corrected chi connectivity index (χ2v) is 7.63. The summed E-state index contributed by atoms with van der Waals surface area (Å²) in [7, 11) is 0. The highest BCUT2D eigenvalue weighted by Gasteiger charge is 2.37. The molecular weight excluding hydrogens is 439 g/mol. The number of fused-ring (bicyclic) bond motifs is 2. The molecule has 2 aliphatic rings. The van der Waals surface area contributed by atoms with Gasteiger partial charge in [0.1, 0.15) is 5.50 Å². The third-order valence-electron chi connectivity index (χ3n) is 3.90. The Morgan fingerprint density at radius 1 is 1.04 bits per heavy atom. The number of anilines is 1. The zero-order chi connectivity index (χ0) is 15.4. The zero-order valence-corrected chi connectivity index (χ0v) is 16.5. The predicted molar refractivity (Wildman–Crippen MR) is 107 cm³/mol. The van der Waals surface area contributed by atoms with Crippen LogP contribution in [0.1, 0.15) is 11.1 Å². The first-order chi connectivity index (χ1) is 10.6. The number of hydrogen-bond donors (Lipinski definition) is 1. The number of thioether (sulfide) groups is 1. The number of benzene rings is 2. The Hall–Kier alpha value is -0.360. The molecule has 1 atom stereocenters. The van der Waals surface area contributed by atoms with E-state index in [4.69, 9.17) is 40.5 Å². The Bertz CT molecular complexity index is 825. The van der Waals surface area contributed by atoms with Crippen LogP contribution in [0.3, 0.4) is 0 Å². The van der Waals surface area contributed by atoms with Gasteiger partial charge in [-0.25, -0.2) is 0 Å². The van der Waals surface area contributed by atoms with Gasteiger partial charge in [0.2, 0.25) is 0 Å². The van der Waals surface area contributed by atoms with Gasteiger partial charge >= 0.3 is 0 Å². The van der Waals surface area contributed by atoms with Gasteiger partial charge in [0, 0.05) is 16.9 Å². The summed E-state index contributed by atoms with van der Waals surface area (Å²) in [6.07, 6.45) is 0.916. The van der Waals surface area contributed by atoms with Crippen molar-refractivity contribution in [3.63, 3.8) is 0 Å². The molecule has 0 radical (unpaired) electrons. The lowest BCUT2D eigenvalue weighted by Gasteiger charge is -2.28. The minimum atomic E-state index is -0.215. The van der Waals surface area contributed by atoms with Crippen LogP contribution < -0.4 is 10.6 Å². The Labute approximate surface area is 164 Å². The van der Waals surface area contributed by atoms with Gasteiger partial charge in [-0.3, -0.25) is 0 Å². The molecule has 1 aliphatic heterocycles. The van der Waals surface area contributed by atoms with Crippen LogP contribution in [-0.2, 0) is 6.42 Å². The standard InChI is InChI=1S/C16H11Cl3N2S.BrH/c17-10-6-12(19)13(7-11(10)18)21-15-9-4-2-1-3-8(9)5-14(15)22-16(21)20;/h1-4,6-7,16H,5,20H2;1H. The quantitative estimate of drug-likeness (QED) is 0.545. The monoisotopic (exact) mass is 448 g/mol. The molecule has 2 nitrogen and oxygen atoms in total. The molecular formula is C16H12BrCl3N2S. The van der Waals surface area contributed by atoms with E-state index in [1.54, 1.807) is 23.9 Å². The Morgan fingerprint density at radius 2 is 1.74 bits per heavy atom. The maximum atomic E-state index is 6.39. The number of allylic oxidation sites excluding steroid dienone is 1. The lowest BCUT2D eigenvalue weighted by atomic mass is 10.1. The first kappa shape index (κ1) is 17.5. The van der Waals surface area contributed by atoms with Crippen LogP contribution in [0.15, 0.2) is 41.3 Å². The van der Waals surface area contributed by atoms with Gasteiger partial charge in [0.05, 0.1) is 26.5 Å². The van der Waals surface area contributed by atoms with Crippen LogP contribution in [0.5, 0.6) is 0 Å². The summed E-state index contributed by atoms with van der Waals surface area (Å²) in [5.41, 5.74) is 10.6. The molecule has 2 aromatic carbocycles. The normalized spacial score (nSPS) is 18.8. The van der Waals surface area contributed by atoms with Crippen LogP contribution in [0.25, 0.3) is 5.70 Å². The molecule has 0 saturated carbocycles. The van der Waals surface area contributed by atoms with Gasteiger partial charge in [-0.2, -0.15) is 0 Å². The lowest BCUT2D eigenvalue weighted by molar-refractivity contribution is 0.938. The van der Waals surface area contributed by atoms with Gasteiger partial charge in [-0.05, 0) is 17.7 Å². The van der Waals surface area contributed by atoms with Crippen molar-refractivity contribution in [2.24, 2.45) is 5.73 Å². The van der Waals surface area contributed by atoms with E-state index in [-0.39, 0.29) is 22.5 Å². The minimum Gasteiger partial charge on any atom is -0.313 e. The van der Waals surface area contributed by atoms with Crippen LogP contribution in [0.4, 0.5) is 5.69 Å². The van der Waals surface area contributed by atoms with E-state index < -0.39 is 0 Å². The largest absolute Gasteiger partial charge is 0.313 e. The average Bonchev–Trinajstić information content (AvgIpc) is 2.97. The Kier molecular flexibility index (Phi) is 4.94. The summed E-state index contributed by atoms with van der Waals surface area (Å²) >= 11 is 20.3. The summed E-state index contributed by atoms with van der Waals surface area (Å²) in [6.45, 7) is 0. The lowest BCUT2D eigenvalue weighted by Crippen LogP contribution is -2.35. The predicted octanol–water partition coefficient (Wildman–Crippen LogP) is 5.95. The van der Waals surface area contributed by atoms with Gasteiger partial charge in [0.15, 0.2) is 0 Å². The summed E-state index contributed by atoms with van der Waals surface area (Å²) in [5, 5.41) is 1.46.